The molecule has 0 radical (unpaired) electrons. The predicted molar refractivity (Wildman–Crippen MR) is 105 cm³/mol. The lowest BCUT2D eigenvalue weighted by Gasteiger charge is -2.37. The molecule has 1 aromatic carbocycles. The van der Waals surface area contributed by atoms with Crippen LogP contribution in [0.2, 0.25) is 5.02 Å². The number of pyridine rings is 1. The molecule has 0 saturated carbocycles. The van der Waals surface area contributed by atoms with Gasteiger partial charge in [0.2, 0.25) is 0 Å². The van der Waals surface area contributed by atoms with Gasteiger partial charge in [-0.3, -0.25) is 9.78 Å². The molecule has 0 atom stereocenters. The van der Waals surface area contributed by atoms with Gasteiger partial charge in [0.05, 0.1) is 0 Å². The Labute approximate surface area is 159 Å². The van der Waals surface area contributed by atoms with Gasteiger partial charge < -0.3 is 14.7 Å². The number of likely N-dealkylation sites (tertiary alicyclic amines) is 1. The standard InChI is InChI=1S/C20H23ClN4O/c21-16-4-3-5-17(14-16)23-10-12-24(13-11-23)18-6-7-22-19(15-18)20(26)25-8-1-2-9-25/h3-7,14-15H,1-2,8-13H2. The first kappa shape index (κ1) is 17.2. The second kappa shape index (κ2) is 7.54. The summed E-state index contributed by atoms with van der Waals surface area (Å²) in [4.78, 5) is 23.5. The Bertz CT molecular complexity index is 783. The maximum atomic E-state index is 12.6. The molecule has 3 heterocycles. The lowest BCUT2D eigenvalue weighted by molar-refractivity contribution is 0.0787. The van der Waals surface area contributed by atoms with E-state index in [1.165, 1.54) is 0 Å². The zero-order valence-corrected chi connectivity index (χ0v) is 15.5. The van der Waals surface area contributed by atoms with E-state index in [1.54, 1.807) is 6.20 Å². The highest BCUT2D eigenvalue weighted by atomic mass is 35.5. The van der Waals surface area contributed by atoms with Gasteiger partial charge in [0.15, 0.2) is 0 Å². The second-order valence-electron chi connectivity index (χ2n) is 6.85. The van der Waals surface area contributed by atoms with E-state index in [9.17, 15) is 4.79 Å². The van der Waals surface area contributed by atoms with Gasteiger partial charge in [-0.25, -0.2) is 0 Å². The van der Waals surface area contributed by atoms with Crippen molar-refractivity contribution in [3.05, 3.63) is 53.3 Å². The zero-order valence-electron chi connectivity index (χ0n) is 14.8. The Hall–Kier alpha value is -2.27. The number of carbonyl (C=O) groups excluding carboxylic acids is 1. The van der Waals surface area contributed by atoms with Gasteiger partial charge in [-0.15, -0.1) is 0 Å². The fraction of sp³-hybridized carbons (Fsp3) is 0.400. The SMILES string of the molecule is O=C(c1cc(N2CCN(c3cccc(Cl)c3)CC2)ccn1)N1CCCC1. The Morgan fingerprint density at radius 2 is 1.54 bits per heavy atom. The van der Waals surface area contributed by atoms with Crippen molar-refractivity contribution in [3.8, 4) is 0 Å². The summed E-state index contributed by atoms with van der Waals surface area (Å²) >= 11 is 6.11. The van der Waals surface area contributed by atoms with Crippen LogP contribution in [0.5, 0.6) is 0 Å². The molecule has 0 N–H and O–H groups in total. The summed E-state index contributed by atoms with van der Waals surface area (Å²) in [6, 6.07) is 11.9. The summed E-state index contributed by atoms with van der Waals surface area (Å²) in [6.45, 7) is 5.38. The molecule has 0 unspecified atom stereocenters. The van der Waals surface area contributed by atoms with E-state index in [4.69, 9.17) is 11.6 Å². The first-order valence-electron chi connectivity index (χ1n) is 9.21. The van der Waals surface area contributed by atoms with Crippen molar-refractivity contribution in [1.29, 1.82) is 0 Å². The molecule has 136 valence electrons. The Morgan fingerprint density at radius 1 is 0.885 bits per heavy atom. The van der Waals surface area contributed by atoms with Crippen LogP contribution in [0.15, 0.2) is 42.6 Å². The number of amides is 1. The van der Waals surface area contributed by atoms with E-state index in [0.717, 1.165) is 68.5 Å². The molecule has 0 bridgehead atoms. The molecule has 2 fully saturated rings. The quantitative estimate of drug-likeness (QED) is 0.831. The third-order valence-electron chi connectivity index (χ3n) is 5.17. The molecule has 2 saturated heterocycles. The average molecular weight is 371 g/mol. The summed E-state index contributed by atoms with van der Waals surface area (Å²) < 4.78 is 0. The highest BCUT2D eigenvalue weighted by Crippen LogP contribution is 2.23. The molecule has 4 rings (SSSR count). The summed E-state index contributed by atoms with van der Waals surface area (Å²) in [7, 11) is 0. The van der Waals surface area contributed by atoms with Crippen LogP contribution in [0.1, 0.15) is 23.3 Å². The van der Waals surface area contributed by atoms with Crippen LogP contribution in [0.3, 0.4) is 0 Å². The van der Waals surface area contributed by atoms with Gasteiger partial charge in [0, 0.05) is 61.9 Å². The largest absolute Gasteiger partial charge is 0.368 e. The molecule has 0 spiro atoms. The van der Waals surface area contributed by atoms with E-state index < -0.39 is 0 Å². The van der Waals surface area contributed by atoms with E-state index >= 15 is 0 Å². The molecular formula is C20H23ClN4O. The maximum Gasteiger partial charge on any atom is 0.272 e. The van der Waals surface area contributed by atoms with Crippen LogP contribution in [0.25, 0.3) is 0 Å². The Kier molecular flexibility index (Phi) is 4.98. The van der Waals surface area contributed by atoms with Gasteiger partial charge in [-0.2, -0.15) is 0 Å². The van der Waals surface area contributed by atoms with Crippen molar-refractivity contribution in [2.75, 3.05) is 49.1 Å². The topological polar surface area (TPSA) is 39.7 Å². The van der Waals surface area contributed by atoms with Crippen molar-refractivity contribution < 1.29 is 4.79 Å². The number of rotatable bonds is 3. The van der Waals surface area contributed by atoms with Crippen molar-refractivity contribution in [1.82, 2.24) is 9.88 Å². The van der Waals surface area contributed by atoms with Gasteiger partial charge in [-0.05, 0) is 43.2 Å². The molecule has 26 heavy (non-hydrogen) atoms. The summed E-state index contributed by atoms with van der Waals surface area (Å²) in [5.41, 5.74) is 2.80. The number of halogens is 1. The van der Waals surface area contributed by atoms with E-state index in [-0.39, 0.29) is 5.91 Å². The molecule has 2 aliphatic heterocycles. The molecule has 5 nitrogen and oxygen atoms in total. The monoisotopic (exact) mass is 370 g/mol. The molecule has 6 heteroatoms. The zero-order chi connectivity index (χ0) is 17.9. The number of carbonyl (C=O) groups is 1. The maximum absolute atomic E-state index is 12.6. The number of piperazine rings is 1. The van der Waals surface area contributed by atoms with Crippen LogP contribution in [0, 0.1) is 0 Å². The Balaban J connectivity index is 1.43. The van der Waals surface area contributed by atoms with Crippen molar-refractivity contribution in [2.45, 2.75) is 12.8 Å². The van der Waals surface area contributed by atoms with Gasteiger partial charge >= 0.3 is 0 Å². The molecule has 2 aromatic rings. The first-order chi connectivity index (χ1) is 12.7. The minimum atomic E-state index is 0.0573. The molecule has 2 aliphatic rings. The summed E-state index contributed by atoms with van der Waals surface area (Å²) in [6.07, 6.45) is 3.94. The number of benzene rings is 1. The first-order valence-corrected chi connectivity index (χ1v) is 9.59. The van der Waals surface area contributed by atoms with Crippen LogP contribution in [0.4, 0.5) is 11.4 Å². The van der Waals surface area contributed by atoms with Crippen molar-refractivity contribution >= 4 is 28.9 Å². The third kappa shape index (κ3) is 3.63. The van der Waals surface area contributed by atoms with Crippen LogP contribution in [-0.2, 0) is 0 Å². The van der Waals surface area contributed by atoms with Gasteiger partial charge in [0.1, 0.15) is 5.69 Å². The van der Waals surface area contributed by atoms with Gasteiger partial charge in [-0.1, -0.05) is 17.7 Å². The number of hydrogen-bond donors (Lipinski definition) is 0. The number of anilines is 2. The lowest BCUT2D eigenvalue weighted by atomic mass is 10.2. The Morgan fingerprint density at radius 3 is 2.19 bits per heavy atom. The molecule has 1 amide bonds. The van der Waals surface area contributed by atoms with Crippen LogP contribution >= 0.6 is 11.6 Å². The van der Waals surface area contributed by atoms with Gasteiger partial charge in [0.25, 0.3) is 5.91 Å². The van der Waals surface area contributed by atoms with E-state index in [2.05, 4.69) is 20.9 Å². The lowest BCUT2D eigenvalue weighted by Crippen LogP contribution is -2.46. The minimum absolute atomic E-state index is 0.0573. The molecular weight excluding hydrogens is 348 g/mol. The average Bonchev–Trinajstić information content (AvgIpc) is 3.22. The number of nitrogens with zero attached hydrogens (tertiary/aromatic N) is 4. The smallest absolute Gasteiger partial charge is 0.272 e. The van der Waals surface area contributed by atoms with Crippen LogP contribution < -0.4 is 9.80 Å². The van der Waals surface area contributed by atoms with E-state index in [0.29, 0.717) is 5.69 Å². The number of aromatic nitrogens is 1. The normalized spacial score (nSPS) is 17.7. The summed E-state index contributed by atoms with van der Waals surface area (Å²) in [5.74, 6) is 0.0573. The molecule has 0 aliphatic carbocycles. The van der Waals surface area contributed by atoms with Crippen molar-refractivity contribution in [3.63, 3.8) is 0 Å². The molecule has 1 aromatic heterocycles. The second-order valence-corrected chi connectivity index (χ2v) is 7.29. The summed E-state index contributed by atoms with van der Waals surface area (Å²) in [5, 5.41) is 0.768. The van der Waals surface area contributed by atoms with Crippen molar-refractivity contribution in [2.24, 2.45) is 0 Å². The fourth-order valence-corrected chi connectivity index (χ4v) is 3.90. The number of hydrogen-bond acceptors (Lipinski definition) is 4. The predicted octanol–water partition coefficient (Wildman–Crippen LogP) is 3.30. The van der Waals surface area contributed by atoms with Crippen LogP contribution in [-0.4, -0.2) is 55.1 Å². The highest BCUT2D eigenvalue weighted by molar-refractivity contribution is 6.30. The van der Waals surface area contributed by atoms with E-state index in [1.807, 2.05) is 35.2 Å². The fourth-order valence-electron chi connectivity index (χ4n) is 3.71. The highest BCUT2D eigenvalue weighted by Gasteiger charge is 2.22. The third-order valence-corrected chi connectivity index (χ3v) is 5.41. The minimum Gasteiger partial charge on any atom is -0.368 e.